The molecule has 0 radical (unpaired) electrons. The highest BCUT2D eigenvalue weighted by Crippen LogP contribution is 2.40. The van der Waals surface area contributed by atoms with Gasteiger partial charge < -0.3 is 14.9 Å². The van der Waals surface area contributed by atoms with Crippen molar-refractivity contribution in [2.45, 2.75) is 64.0 Å². The quantitative estimate of drug-likeness (QED) is 0.781. The largest absolute Gasteiger partial charge is 0.490 e. The molecular formula is C19H31F3N2O3. The van der Waals surface area contributed by atoms with E-state index in [2.05, 4.69) is 16.8 Å². The van der Waals surface area contributed by atoms with Crippen LogP contribution in [0, 0.1) is 11.3 Å². The molecular weight excluding hydrogens is 361 g/mol. The molecule has 1 spiro atoms. The van der Waals surface area contributed by atoms with Crippen molar-refractivity contribution in [1.29, 1.82) is 0 Å². The van der Waals surface area contributed by atoms with E-state index in [1.54, 1.807) is 0 Å². The SMILES string of the molecule is CN1CCC2(CCCN(C(=O)CC3CCCC3)C2)CC1.O=C(O)C(F)(F)F. The fraction of sp³-hybridized carbons (Fsp3) is 0.895. The van der Waals surface area contributed by atoms with Crippen LogP contribution in [0.4, 0.5) is 13.2 Å². The summed E-state index contributed by atoms with van der Waals surface area (Å²) in [5.74, 6) is -1.61. The third-order valence-corrected chi connectivity index (χ3v) is 6.24. The van der Waals surface area contributed by atoms with Crippen LogP contribution in [-0.2, 0) is 9.59 Å². The van der Waals surface area contributed by atoms with Crippen LogP contribution in [0.5, 0.6) is 0 Å². The summed E-state index contributed by atoms with van der Waals surface area (Å²) in [6, 6.07) is 0. The molecule has 0 aromatic carbocycles. The minimum atomic E-state index is -5.08. The molecule has 0 atom stereocenters. The zero-order chi connectivity index (χ0) is 20.1. The molecule has 27 heavy (non-hydrogen) atoms. The van der Waals surface area contributed by atoms with Gasteiger partial charge in [0.15, 0.2) is 0 Å². The summed E-state index contributed by atoms with van der Waals surface area (Å²) in [5.41, 5.74) is 0.454. The highest BCUT2D eigenvalue weighted by Gasteiger charge is 2.39. The van der Waals surface area contributed by atoms with E-state index in [0.717, 1.165) is 19.5 Å². The van der Waals surface area contributed by atoms with E-state index >= 15 is 0 Å². The Morgan fingerprint density at radius 2 is 1.59 bits per heavy atom. The van der Waals surface area contributed by atoms with Crippen LogP contribution in [0.1, 0.15) is 57.8 Å². The monoisotopic (exact) mass is 392 g/mol. The van der Waals surface area contributed by atoms with Gasteiger partial charge in [0, 0.05) is 19.5 Å². The Kier molecular flexibility index (Phi) is 7.54. The summed E-state index contributed by atoms with van der Waals surface area (Å²) < 4.78 is 31.7. The Morgan fingerprint density at radius 1 is 1.04 bits per heavy atom. The second-order valence-corrected chi connectivity index (χ2v) is 8.38. The number of carbonyl (C=O) groups is 2. The number of amides is 1. The number of halogens is 3. The summed E-state index contributed by atoms with van der Waals surface area (Å²) in [5, 5.41) is 7.12. The van der Waals surface area contributed by atoms with Gasteiger partial charge in [-0.3, -0.25) is 4.79 Å². The summed E-state index contributed by atoms with van der Waals surface area (Å²) in [6.07, 6.45) is 6.14. The Balaban J connectivity index is 0.000000321. The zero-order valence-electron chi connectivity index (χ0n) is 16.1. The third-order valence-electron chi connectivity index (χ3n) is 6.24. The van der Waals surface area contributed by atoms with Gasteiger partial charge in [-0.2, -0.15) is 13.2 Å². The molecule has 2 aliphatic heterocycles. The van der Waals surface area contributed by atoms with Crippen molar-refractivity contribution in [1.82, 2.24) is 9.80 Å². The molecule has 8 heteroatoms. The van der Waals surface area contributed by atoms with Gasteiger partial charge in [-0.15, -0.1) is 0 Å². The molecule has 0 aromatic heterocycles. The summed E-state index contributed by atoms with van der Waals surface area (Å²) in [7, 11) is 2.22. The summed E-state index contributed by atoms with van der Waals surface area (Å²) in [4.78, 5) is 26.1. The smallest absolute Gasteiger partial charge is 0.475 e. The molecule has 0 unspecified atom stereocenters. The molecule has 2 heterocycles. The van der Waals surface area contributed by atoms with Crippen molar-refractivity contribution in [3.05, 3.63) is 0 Å². The number of carboxylic acid groups (broad SMARTS) is 1. The van der Waals surface area contributed by atoms with Gasteiger partial charge in [0.25, 0.3) is 0 Å². The molecule has 2 saturated heterocycles. The van der Waals surface area contributed by atoms with Crippen molar-refractivity contribution in [3.63, 3.8) is 0 Å². The van der Waals surface area contributed by atoms with E-state index in [1.807, 2.05) is 0 Å². The number of piperidine rings is 2. The fourth-order valence-electron chi connectivity index (χ4n) is 4.51. The molecule has 5 nitrogen and oxygen atoms in total. The Bertz CT molecular complexity index is 511. The highest BCUT2D eigenvalue weighted by atomic mass is 19.4. The molecule has 3 fully saturated rings. The predicted molar refractivity (Wildman–Crippen MR) is 95.2 cm³/mol. The van der Waals surface area contributed by atoms with Gasteiger partial charge in [-0.25, -0.2) is 4.79 Å². The maximum atomic E-state index is 12.6. The maximum Gasteiger partial charge on any atom is 0.490 e. The Labute approximate surface area is 158 Å². The number of carbonyl (C=O) groups excluding carboxylic acids is 1. The lowest BCUT2D eigenvalue weighted by Crippen LogP contribution is -2.50. The third kappa shape index (κ3) is 6.66. The van der Waals surface area contributed by atoms with Crippen LogP contribution >= 0.6 is 0 Å². The number of rotatable bonds is 2. The average Bonchev–Trinajstić information content (AvgIpc) is 3.11. The van der Waals surface area contributed by atoms with E-state index in [1.165, 1.54) is 64.5 Å². The van der Waals surface area contributed by atoms with E-state index in [-0.39, 0.29) is 0 Å². The van der Waals surface area contributed by atoms with Crippen molar-refractivity contribution in [2.75, 3.05) is 33.2 Å². The first-order chi connectivity index (χ1) is 12.6. The molecule has 3 aliphatic rings. The van der Waals surface area contributed by atoms with Crippen molar-refractivity contribution in [3.8, 4) is 0 Å². The first kappa shape index (κ1) is 22.0. The van der Waals surface area contributed by atoms with Gasteiger partial charge in [0.05, 0.1) is 0 Å². The zero-order valence-corrected chi connectivity index (χ0v) is 16.1. The van der Waals surface area contributed by atoms with Gasteiger partial charge >= 0.3 is 12.1 Å². The van der Waals surface area contributed by atoms with Crippen LogP contribution in [-0.4, -0.2) is 66.2 Å². The fourth-order valence-corrected chi connectivity index (χ4v) is 4.51. The molecule has 1 amide bonds. The summed E-state index contributed by atoms with van der Waals surface area (Å²) in [6.45, 7) is 4.49. The lowest BCUT2D eigenvalue weighted by atomic mass is 9.72. The molecule has 1 saturated carbocycles. The number of aliphatic carboxylic acids is 1. The minimum Gasteiger partial charge on any atom is -0.475 e. The van der Waals surface area contributed by atoms with E-state index in [0.29, 0.717) is 17.2 Å². The number of hydrogen-bond acceptors (Lipinski definition) is 3. The van der Waals surface area contributed by atoms with Gasteiger partial charge in [-0.1, -0.05) is 12.8 Å². The second-order valence-electron chi connectivity index (χ2n) is 8.38. The number of hydrogen-bond donors (Lipinski definition) is 1. The molecule has 1 N–H and O–H groups in total. The Morgan fingerprint density at radius 3 is 2.11 bits per heavy atom. The molecule has 1 aliphatic carbocycles. The number of likely N-dealkylation sites (tertiary alicyclic amines) is 2. The van der Waals surface area contributed by atoms with Gasteiger partial charge in [0.2, 0.25) is 5.91 Å². The highest BCUT2D eigenvalue weighted by molar-refractivity contribution is 5.76. The predicted octanol–water partition coefficient (Wildman–Crippen LogP) is 3.53. The number of alkyl halides is 3. The second kappa shape index (κ2) is 9.26. The first-order valence-corrected chi connectivity index (χ1v) is 9.88. The van der Waals surface area contributed by atoms with E-state index in [9.17, 15) is 18.0 Å². The molecule has 3 rings (SSSR count). The Hall–Kier alpha value is -1.31. The standard InChI is InChI=1S/C17H30N2O.C2HF3O2/c1-18-11-8-17(9-12-18)7-4-10-19(14-17)16(20)13-15-5-2-3-6-15;3-2(4,5)1(6)7/h15H,2-14H2,1H3;(H,6,7). The van der Waals surface area contributed by atoms with Crippen LogP contribution in [0.15, 0.2) is 0 Å². The summed E-state index contributed by atoms with van der Waals surface area (Å²) >= 11 is 0. The maximum absolute atomic E-state index is 12.6. The van der Waals surface area contributed by atoms with Crippen LogP contribution in [0.2, 0.25) is 0 Å². The van der Waals surface area contributed by atoms with Gasteiger partial charge in [0.1, 0.15) is 0 Å². The van der Waals surface area contributed by atoms with E-state index < -0.39 is 12.1 Å². The first-order valence-electron chi connectivity index (χ1n) is 9.88. The van der Waals surface area contributed by atoms with Crippen molar-refractivity contribution >= 4 is 11.9 Å². The average molecular weight is 392 g/mol. The number of carboxylic acids is 1. The van der Waals surface area contributed by atoms with Gasteiger partial charge in [-0.05, 0) is 70.0 Å². The van der Waals surface area contributed by atoms with E-state index in [4.69, 9.17) is 9.90 Å². The van der Waals surface area contributed by atoms with Crippen LogP contribution in [0.25, 0.3) is 0 Å². The lowest BCUT2D eigenvalue weighted by molar-refractivity contribution is -0.192. The molecule has 0 aromatic rings. The van der Waals surface area contributed by atoms with Crippen molar-refractivity contribution in [2.24, 2.45) is 11.3 Å². The topological polar surface area (TPSA) is 60.9 Å². The molecule has 0 bridgehead atoms. The van der Waals surface area contributed by atoms with Crippen LogP contribution in [0.3, 0.4) is 0 Å². The van der Waals surface area contributed by atoms with Crippen molar-refractivity contribution < 1.29 is 27.9 Å². The molecule has 156 valence electrons. The lowest BCUT2D eigenvalue weighted by Gasteiger charge is -2.47. The number of nitrogens with zero attached hydrogens (tertiary/aromatic N) is 2. The minimum absolute atomic E-state index is 0.454. The van der Waals surface area contributed by atoms with Crippen LogP contribution < -0.4 is 0 Å². The normalized spacial score (nSPS) is 23.8.